The topological polar surface area (TPSA) is 12.0 Å². The van der Waals surface area contributed by atoms with Crippen LogP contribution in [0.4, 0.5) is 11.4 Å². The Kier molecular flexibility index (Phi) is 8.21. The first kappa shape index (κ1) is 22.1. The summed E-state index contributed by atoms with van der Waals surface area (Å²) in [6.45, 7) is 8.83. The summed E-state index contributed by atoms with van der Waals surface area (Å²) < 4.78 is 2.67. The fourth-order valence-electron chi connectivity index (χ4n) is 2.99. The maximum Gasteiger partial charge on any atom is 0.0398 e. The molecule has 0 saturated carbocycles. The molecule has 0 aliphatic carbocycles. The van der Waals surface area contributed by atoms with Crippen molar-refractivity contribution in [2.24, 2.45) is 0 Å². The van der Waals surface area contributed by atoms with Crippen LogP contribution in [0.25, 0.3) is 20.2 Å². The highest BCUT2D eigenvalue weighted by atomic mass is 32.1. The Morgan fingerprint density at radius 1 is 0.613 bits per heavy atom. The van der Waals surface area contributed by atoms with Gasteiger partial charge in [-0.2, -0.15) is 0 Å². The SMILES string of the molecule is C=CC=C.Cc1ccc(Nc2ccc3c(c2)sc2ccccc23)cc1.c1ccccc1. The normalized spacial score (nSPS) is 9.71. The van der Waals surface area contributed by atoms with E-state index in [2.05, 4.69) is 92.1 Å². The van der Waals surface area contributed by atoms with E-state index in [1.807, 2.05) is 47.7 Å². The zero-order valence-electron chi connectivity index (χ0n) is 17.8. The van der Waals surface area contributed by atoms with Gasteiger partial charge in [0.2, 0.25) is 0 Å². The number of hydrogen-bond donors (Lipinski definition) is 1. The molecule has 0 aliphatic rings. The maximum atomic E-state index is 3.47. The molecule has 0 bridgehead atoms. The summed E-state index contributed by atoms with van der Waals surface area (Å²) in [5, 5.41) is 6.16. The summed E-state index contributed by atoms with van der Waals surface area (Å²) >= 11 is 1.85. The molecule has 31 heavy (non-hydrogen) atoms. The Bertz CT molecular complexity index is 1200. The second-order valence-corrected chi connectivity index (χ2v) is 8.01. The first-order valence-electron chi connectivity index (χ1n) is 10.2. The van der Waals surface area contributed by atoms with Crippen LogP contribution in [0, 0.1) is 6.92 Å². The minimum absolute atomic E-state index is 1.13. The maximum absolute atomic E-state index is 3.47. The molecule has 0 radical (unpaired) electrons. The van der Waals surface area contributed by atoms with Crippen LogP contribution in [0.5, 0.6) is 0 Å². The van der Waals surface area contributed by atoms with Crippen LogP contribution in [-0.4, -0.2) is 0 Å². The molecule has 5 aromatic rings. The average molecular weight is 422 g/mol. The van der Waals surface area contributed by atoms with E-state index in [-0.39, 0.29) is 0 Å². The van der Waals surface area contributed by atoms with Gasteiger partial charge in [0.05, 0.1) is 0 Å². The van der Waals surface area contributed by atoms with Gasteiger partial charge in [-0.3, -0.25) is 0 Å². The lowest BCUT2D eigenvalue weighted by atomic mass is 10.1. The molecular weight excluding hydrogens is 394 g/mol. The van der Waals surface area contributed by atoms with Crippen LogP contribution in [0.15, 0.2) is 128 Å². The summed E-state index contributed by atoms with van der Waals surface area (Å²) in [7, 11) is 0. The summed E-state index contributed by atoms with van der Waals surface area (Å²) in [6.07, 6.45) is 3.28. The highest BCUT2D eigenvalue weighted by Gasteiger charge is 2.05. The minimum atomic E-state index is 1.13. The summed E-state index contributed by atoms with van der Waals surface area (Å²) in [4.78, 5) is 0. The lowest BCUT2D eigenvalue weighted by Crippen LogP contribution is -1.89. The summed E-state index contributed by atoms with van der Waals surface area (Å²) in [5.74, 6) is 0. The number of nitrogens with one attached hydrogen (secondary N) is 1. The number of aryl methyl sites for hydroxylation is 1. The smallest absolute Gasteiger partial charge is 0.0398 e. The fourth-order valence-corrected chi connectivity index (χ4v) is 4.14. The molecule has 4 aromatic carbocycles. The molecule has 0 atom stereocenters. The van der Waals surface area contributed by atoms with Gasteiger partial charge in [0.1, 0.15) is 0 Å². The molecule has 5 rings (SSSR count). The molecule has 0 unspecified atom stereocenters. The highest BCUT2D eigenvalue weighted by Crippen LogP contribution is 2.35. The Labute approximate surface area is 189 Å². The number of benzene rings is 4. The predicted molar refractivity (Wildman–Crippen MR) is 141 cm³/mol. The highest BCUT2D eigenvalue weighted by molar-refractivity contribution is 7.25. The number of thiophene rings is 1. The van der Waals surface area contributed by atoms with E-state index in [1.54, 1.807) is 12.2 Å². The number of hydrogen-bond acceptors (Lipinski definition) is 2. The molecule has 1 N–H and O–H groups in total. The van der Waals surface area contributed by atoms with Crippen molar-refractivity contribution >= 4 is 42.9 Å². The van der Waals surface area contributed by atoms with Gasteiger partial charge in [-0.25, -0.2) is 0 Å². The molecule has 1 heterocycles. The van der Waals surface area contributed by atoms with E-state index in [1.165, 1.54) is 25.7 Å². The Hall–Kier alpha value is -3.62. The van der Waals surface area contributed by atoms with Gasteiger partial charge in [-0.1, -0.05) is 104 Å². The average Bonchev–Trinajstić information content (AvgIpc) is 3.20. The number of rotatable bonds is 3. The Morgan fingerprint density at radius 2 is 1.16 bits per heavy atom. The van der Waals surface area contributed by atoms with E-state index in [0.29, 0.717) is 0 Å². The monoisotopic (exact) mass is 421 g/mol. The van der Waals surface area contributed by atoms with Crippen LogP contribution in [0.1, 0.15) is 5.56 Å². The van der Waals surface area contributed by atoms with Gasteiger partial charge in [-0.15, -0.1) is 11.3 Å². The van der Waals surface area contributed by atoms with Crippen LogP contribution in [0.2, 0.25) is 0 Å². The van der Waals surface area contributed by atoms with E-state index in [4.69, 9.17) is 0 Å². The third kappa shape index (κ3) is 6.43. The number of anilines is 2. The van der Waals surface area contributed by atoms with Crippen molar-refractivity contribution in [3.8, 4) is 0 Å². The van der Waals surface area contributed by atoms with Gasteiger partial charge in [0.15, 0.2) is 0 Å². The van der Waals surface area contributed by atoms with Crippen LogP contribution < -0.4 is 5.32 Å². The molecular formula is C29H27NS. The molecule has 1 aromatic heterocycles. The van der Waals surface area contributed by atoms with Gasteiger partial charge in [0.25, 0.3) is 0 Å². The van der Waals surface area contributed by atoms with Crippen molar-refractivity contribution in [1.82, 2.24) is 0 Å². The van der Waals surface area contributed by atoms with Crippen molar-refractivity contribution in [3.05, 3.63) is 134 Å². The standard InChI is InChI=1S/C19H15NS.C6H6.C4H6/c1-13-6-8-14(9-7-13)20-15-10-11-17-16-4-2-3-5-18(16)21-19(17)12-15;1-2-4-6-5-3-1;1-3-4-2/h2-12,20H,1H3;1-6H;3-4H,1-2H2. The number of allylic oxidation sites excluding steroid dienone is 2. The quantitative estimate of drug-likeness (QED) is 0.286. The lowest BCUT2D eigenvalue weighted by molar-refractivity contribution is 1.46. The Balaban J connectivity index is 0.000000227. The lowest BCUT2D eigenvalue weighted by Gasteiger charge is -2.06. The van der Waals surface area contributed by atoms with Crippen molar-refractivity contribution < 1.29 is 0 Å². The van der Waals surface area contributed by atoms with Crippen molar-refractivity contribution in [1.29, 1.82) is 0 Å². The van der Waals surface area contributed by atoms with Gasteiger partial charge < -0.3 is 5.32 Å². The van der Waals surface area contributed by atoms with E-state index in [0.717, 1.165) is 11.4 Å². The van der Waals surface area contributed by atoms with Crippen LogP contribution in [0.3, 0.4) is 0 Å². The zero-order chi connectivity index (χ0) is 21.9. The van der Waals surface area contributed by atoms with Gasteiger partial charge >= 0.3 is 0 Å². The second-order valence-electron chi connectivity index (χ2n) is 6.93. The molecule has 1 nitrogen and oxygen atoms in total. The van der Waals surface area contributed by atoms with Crippen molar-refractivity contribution in [2.45, 2.75) is 6.92 Å². The predicted octanol–water partition coefficient (Wildman–Crippen LogP) is 9.15. The fraction of sp³-hybridized carbons (Fsp3) is 0.0345. The Morgan fingerprint density at radius 3 is 1.77 bits per heavy atom. The minimum Gasteiger partial charge on any atom is -0.355 e. The van der Waals surface area contributed by atoms with E-state index < -0.39 is 0 Å². The zero-order valence-corrected chi connectivity index (χ0v) is 18.6. The molecule has 0 amide bonds. The van der Waals surface area contributed by atoms with Gasteiger partial charge in [-0.05, 0) is 37.3 Å². The van der Waals surface area contributed by atoms with Crippen LogP contribution in [-0.2, 0) is 0 Å². The molecule has 154 valence electrons. The van der Waals surface area contributed by atoms with E-state index >= 15 is 0 Å². The molecule has 0 fully saturated rings. The molecule has 2 heteroatoms. The number of fused-ring (bicyclic) bond motifs is 3. The summed E-state index contributed by atoms with van der Waals surface area (Å²) in [6, 6.07) is 35.7. The first-order valence-corrected chi connectivity index (χ1v) is 11.0. The molecule has 0 aliphatic heterocycles. The van der Waals surface area contributed by atoms with Crippen molar-refractivity contribution in [3.63, 3.8) is 0 Å². The second kappa shape index (κ2) is 11.5. The molecule has 0 saturated heterocycles. The summed E-state index contributed by atoms with van der Waals surface area (Å²) in [5.41, 5.74) is 3.54. The van der Waals surface area contributed by atoms with Crippen LogP contribution >= 0.6 is 11.3 Å². The first-order chi connectivity index (χ1) is 15.2. The molecule has 0 spiro atoms. The largest absolute Gasteiger partial charge is 0.355 e. The van der Waals surface area contributed by atoms with E-state index in [9.17, 15) is 0 Å². The van der Waals surface area contributed by atoms with Crippen molar-refractivity contribution in [2.75, 3.05) is 5.32 Å². The third-order valence-corrected chi connectivity index (χ3v) is 5.69. The third-order valence-electron chi connectivity index (χ3n) is 4.55. The van der Waals surface area contributed by atoms with Gasteiger partial charge in [0, 0.05) is 31.5 Å².